The van der Waals surface area contributed by atoms with Crippen LogP contribution in [0.3, 0.4) is 0 Å². The molecule has 8 atom stereocenters. The molecule has 0 aromatic carbocycles. The number of aliphatic carboxylic acids is 1. The van der Waals surface area contributed by atoms with E-state index in [2.05, 4.69) is 46.5 Å². The Bertz CT molecular complexity index is 1070. The molecule has 0 heterocycles. The van der Waals surface area contributed by atoms with Gasteiger partial charge in [-0.15, -0.1) is 0 Å². The average Bonchev–Trinajstić information content (AvgIpc) is 2.80. The molecule has 4 aliphatic rings. The molecule has 2 N–H and O–H groups in total. The molecule has 4 rings (SSSR count). The molecule has 3 saturated carbocycles. The number of fused-ring (bicyclic) bond motifs is 5. The van der Waals surface area contributed by atoms with E-state index in [1.54, 1.807) is 0 Å². The quantitative estimate of drug-likeness (QED) is 0.362. The zero-order valence-corrected chi connectivity index (χ0v) is 25.1. The van der Waals surface area contributed by atoms with Gasteiger partial charge in [0, 0.05) is 23.8 Å². The average molecular weight is 526 g/mol. The normalized spacial score (nSPS) is 44.4. The molecule has 1 amide bonds. The van der Waals surface area contributed by atoms with Gasteiger partial charge in [0.1, 0.15) is 0 Å². The predicted octanol–water partition coefficient (Wildman–Crippen LogP) is 7.11. The molecule has 0 bridgehead atoms. The summed E-state index contributed by atoms with van der Waals surface area (Å²) in [5.74, 6) is -0.405. The van der Waals surface area contributed by atoms with Crippen LogP contribution >= 0.6 is 0 Å². The number of carbonyl (C=O) groups is 3. The van der Waals surface area contributed by atoms with Crippen molar-refractivity contribution >= 4 is 17.7 Å². The Labute approximate surface area is 230 Å². The van der Waals surface area contributed by atoms with E-state index in [1.807, 2.05) is 26.8 Å². The van der Waals surface area contributed by atoms with Crippen LogP contribution in [-0.2, 0) is 14.4 Å². The second-order valence-electron chi connectivity index (χ2n) is 15.1. The van der Waals surface area contributed by atoms with Gasteiger partial charge in [-0.3, -0.25) is 14.4 Å². The van der Waals surface area contributed by atoms with Crippen molar-refractivity contribution in [3.8, 4) is 0 Å². The van der Waals surface area contributed by atoms with Crippen molar-refractivity contribution in [1.82, 2.24) is 5.32 Å². The third kappa shape index (κ3) is 4.22. The van der Waals surface area contributed by atoms with Crippen LogP contribution in [0.4, 0.5) is 0 Å². The van der Waals surface area contributed by atoms with Gasteiger partial charge in [0.2, 0.25) is 5.91 Å². The Morgan fingerprint density at radius 3 is 2.29 bits per heavy atom. The highest BCUT2D eigenvalue weighted by Crippen LogP contribution is 2.73. The van der Waals surface area contributed by atoms with Crippen LogP contribution < -0.4 is 5.32 Å². The number of allylic oxidation sites excluding steroid dienone is 3. The number of nitrogens with one attached hydrogen (secondary N) is 1. The number of carboxylic acid groups (broad SMARTS) is 1. The maximum Gasteiger partial charge on any atom is 0.303 e. The minimum Gasteiger partial charge on any atom is -0.481 e. The van der Waals surface area contributed by atoms with Gasteiger partial charge in [-0.2, -0.15) is 0 Å². The summed E-state index contributed by atoms with van der Waals surface area (Å²) in [5, 5.41) is 12.8. The van der Waals surface area contributed by atoms with E-state index in [9.17, 15) is 19.5 Å². The topological polar surface area (TPSA) is 83.5 Å². The number of carbonyl (C=O) groups excluding carboxylic acids is 2. The molecule has 0 radical (unpaired) electrons. The van der Waals surface area contributed by atoms with E-state index in [-0.39, 0.29) is 58.2 Å². The molecule has 212 valence electrons. The molecule has 0 spiro atoms. The smallest absolute Gasteiger partial charge is 0.303 e. The maximum atomic E-state index is 14.3. The highest BCUT2D eigenvalue weighted by Gasteiger charge is 2.68. The Morgan fingerprint density at radius 2 is 1.71 bits per heavy atom. The van der Waals surface area contributed by atoms with Gasteiger partial charge in [0.05, 0.1) is 0 Å². The lowest BCUT2D eigenvalue weighted by Gasteiger charge is -2.68. The monoisotopic (exact) mass is 525 g/mol. The van der Waals surface area contributed by atoms with Gasteiger partial charge in [-0.05, 0) is 112 Å². The van der Waals surface area contributed by atoms with Crippen LogP contribution in [0.15, 0.2) is 23.8 Å². The first kappa shape index (κ1) is 29.1. The first-order valence-electron chi connectivity index (χ1n) is 14.9. The zero-order valence-electron chi connectivity index (χ0n) is 25.1. The second kappa shape index (κ2) is 9.34. The highest BCUT2D eigenvalue weighted by atomic mass is 16.4. The molecule has 3 fully saturated rings. The fourth-order valence-corrected chi connectivity index (χ4v) is 9.72. The third-order valence-corrected chi connectivity index (χ3v) is 12.3. The summed E-state index contributed by atoms with van der Waals surface area (Å²) < 4.78 is 0. The molecule has 0 aromatic rings. The molecular weight excluding hydrogens is 474 g/mol. The molecule has 0 aliphatic heterocycles. The van der Waals surface area contributed by atoms with Crippen LogP contribution in [0, 0.1) is 44.8 Å². The van der Waals surface area contributed by atoms with Crippen molar-refractivity contribution in [3.63, 3.8) is 0 Å². The minimum absolute atomic E-state index is 0.0669. The fraction of sp³-hybridized carbons (Fsp3) is 0.788. The van der Waals surface area contributed by atoms with Crippen LogP contribution in [0.5, 0.6) is 0 Å². The number of ketones is 1. The number of amides is 1. The highest BCUT2D eigenvalue weighted by molar-refractivity contribution is 5.96. The van der Waals surface area contributed by atoms with Gasteiger partial charge in [0.25, 0.3) is 0 Å². The van der Waals surface area contributed by atoms with Gasteiger partial charge in [-0.25, -0.2) is 0 Å². The van der Waals surface area contributed by atoms with Crippen molar-refractivity contribution in [2.45, 2.75) is 119 Å². The molecular formula is C33H51NO4. The molecule has 4 aliphatic carbocycles. The van der Waals surface area contributed by atoms with Crippen molar-refractivity contribution < 1.29 is 19.5 Å². The lowest BCUT2D eigenvalue weighted by Crippen LogP contribution is -2.63. The number of hydrogen-bond acceptors (Lipinski definition) is 3. The fourth-order valence-electron chi connectivity index (χ4n) is 9.72. The SMILES string of the molecule is C=C(C)[C@@H]1CC[C@]2(C)[C@H](C(=O)C=C3[C@@H]4C[C@@](C)(C(=O)NC(C)C)CC[C@]4(C)CC[C@]32C)[C@@]1(C)CCC(=O)O. The Hall–Kier alpha value is -1.91. The molecule has 38 heavy (non-hydrogen) atoms. The molecule has 5 nitrogen and oxygen atoms in total. The van der Waals surface area contributed by atoms with Crippen molar-refractivity contribution in [3.05, 3.63) is 23.8 Å². The lowest BCUT2D eigenvalue weighted by molar-refractivity contribution is -0.165. The van der Waals surface area contributed by atoms with Gasteiger partial charge in [0.15, 0.2) is 5.78 Å². The van der Waals surface area contributed by atoms with Crippen molar-refractivity contribution in [2.75, 3.05) is 0 Å². The van der Waals surface area contributed by atoms with Gasteiger partial charge >= 0.3 is 5.97 Å². The van der Waals surface area contributed by atoms with Crippen molar-refractivity contribution in [2.24, 2.45) is 44.8 Å². The summed E-state index contributed by atoms with van der Waals surface area (Å²) in [7, 11) is 0. The molecule has 5 heteroatoms. The Kier molecular flexibility index (Phi) is 7.15. The van der Waals surface area contributed by atoms with Gasteiger partial charge in [-0.1, -0.05) is 52.3 Å². The summed E-state index contributed by atoms with van der Waals surface area (Å²) >= 11 is 0. The number of carboxylic acids is 1. The van der Waals surface area contributed by atoms with E-state index in [4.69, 9.17) is 0 Å². The largest absolute Gasteiger partial charge is 0.481 e. The summed E-state index contributed by atoms with van der Waals surface area (Å²) in [6.07, 6.45) is 9.20. The Balaban J connectivity index is 1.81. The first-order valence-corrected chi connectivity index (χ1v) is 14.9. The van der Waals surface area contributed by atoms with E-state index < -0.39 is 16.8 Å². The summed E-state index contributed by atoms with van der Waals surface area (Å²) in [6.45, 7) is 21.7. The van der Waals surface area contributed by atoms with E-state index in [0.29, 0.717) is 6.42 Å². The van der Waals surface area contributed by atoms with E-state index in [0.717, 1.165) is 50.5 Å². The first-order chi connectivity index (χ1) is 17.4. The van der Waals surface area contributed by atoms with Crippen LogP contribution in [-0.4, -0.2) is 28.8 Å². The maximum absolute atomic E-state index is 14.3. The standard InChI is InChI=1S/C33H51NO4/c1-20(2)22-10-13-33(9)27(31(22,7)12-11-26(36)37)25(35)18-23-24-19-30(6,28(38)34-21(3)4)15-14-29(24,5)16-17-32(23,33)8/h18,21-22,24,27H,1,10-17,19H2,2-9H3,(H,34,38)(H,36,37)/t22-,24-,27+,29+,30-,31-,32+,33+/m0/s1. The van der Waals surface area contributed by atoms with Crippen molar-refractivity contribution in [1.29, 1.82) is 0 Å². The van der Waals surface area contributed by atoms with E-state index >= 15 is 0 Å². The summed E-state index contributed by atoms with van der Waals surface area (Å²) in [6, 6.07) is 0.103. The summed E-state index contributed by atoms with van der Waals surface area (Å²) in [4.78, 5) is 39.4. The molecule has 0 unspecified atom stereocenters. The Morgan fingerprint density at radius 1 is 1.08 bits per heavy atom. The number of hydrogen-bond donors (Lipinski definition) is 2. The minimum atomic E-state index is -0.806. The zero-order chi connectivity index (χ0) is 28.5. The van der Waals surface area contributed by atoms with E-state index in [1.165, 1.54) is 5.57 Å². The lowest BCUT2D eigenvalue weighted by atomic mass is 9.35. The molecule has 0 aromatic heterocycles. The van der Waals surface area contributed by atoms with Crippen LogP contribution in [0.25, 0.3) is 0 Å². The summed E-state index contributed by atoms with van der Waals surface area (Å²) in [5.41, 5.74) is 1.11. The molecule has 0 saturated heterocycles. The third-order valence-electron chi connectivity index (χ3n) is 12.3. The van der Waals surface area contributed by atoms with Gasteiger partial charge < -0.3 is 10.4 Å². The number of rotatable bonds is 6. The predicted molar refractivity (Wildman–Crippen MR) is 151 cm³/mol. The van der Waals surface area contributed by atoms with Crippen LogP contribution in [0.1, 0.15) is 113 Å². The van der Waals surface area contributed by atoms with Crippen LogP contribution in [0.2, 0.25) is 0 Å². The second-order valence-corrected chi connectivity index (χ2v) is 15.1.